The summed E-state index contributed by atoms with van der Waals surface area (Å²) in [6.07, 6.45) is 2.74. The Morgan fingerprint density at radius 3 is 2.64 bits per heavy atom. The Bertz CT molecular complexity index is 782. The number of nitrogens with one attached hydrogen (secondary N) is 1. The molecule has 1 fully saturated rings. The van der Waals surface area contributed by atoms with E-state index in [2.05, 4.69) is 5.32 Å². The van der Waals surface area contributed by atoms with Gasteiger partial charge in [-0.1, -0.05) is 0 Å². The Balaban J connectivity index is 1.78. The number of carbonyl (C=O) groups is 2. The molecule has 3 rings (SSSR count). The van der Waals surface area contributed by atoms with Crippen molar-refractivity contribution in [3.63, 3.8) is 0 Å². The second kappa shape index (κ2) is 7.13. The van der Waals surface area contributed by atoms with Crippen molar-refractivity contribution in [1.82, 2.24) is 4.31 Å². The highest BCUT2D eigenvalue weighted by Crippen LogP contribution is 2.29. The fourth-order valence-corrected chi connectivity index (χ4v) is 4.88. The number of amides is 1. The van der Waals surface area contributed by atoms with Gasteiger partial charge in [0.25, 0.3) is 0 Å². The zero-order chi connectivity index (χ0) is 18.0. The summed E-state index contributed by atoms with van der Waals surface area (Å²) in [5.41, 5.74) is 1.53. The Labute approximate surface area is 147 Å². The molecule has 2 aliphatic rings. The van der Waals surface area contributed by atoms with Gasteiger partial charge in [-0.05, 0) is 49.4 Å². The number of methoxy groups -OCH3 is 1. The summed E-state index contributed by atoms with van der Waals surface area (Å²) in [7, 11) is -2.26. The fourth-order valence-electron chi connectivity index (χ4n) is 3.36. The van der Waals surface area contributed by atoms with Gasteiger partial charge in [-0.15, -0.1) is 0 Å². The summed E-state index contributed by atoms with van der Waals surface area (Å²) < 4.78 is 31.9. The van der Waals surface area contributed by atoms with Gasteiger partial charge in [-0.3, -0.25) is 9.59 Å². The van der Waals surface area contributed by atoms with E-state index < -0.39 is 10.0 Å². The highest BCUT2D eigenvalue weighted by atomic mass is 32.2. The van der Waals surface area contributed by atoms with Crippen LogP contribution in [0.2, 0.25) is 0 Å². The zero-order valence-corrected chi connectivity index (χ0v) is 15.0. The summed E-state index contributed by atoms with van der Waals surface area (Å²) >= 11 is 0. The molecule has 0 atom stereocenters. The lowest BCUT2D eigenvalue weighted by molar-refractivity contribution is -0.146. The average Bonchev–Trinajstić information content (AvgIpc) is 2.81. The van der Waals surface area contributed by atoms with Crippen LogP contribution in [0.5, 0.6) is 0 Å². The van der Waals surface area contributed by atoms with Crippen molar-refractivity contribution in [2.75, 3.05) is 25.5 Å². The number of piperidine rings is 1. The Kier molecular flexibility index (Phi) is 5.10. The predicted octanol–water partition coefficient (Wildman–Crippen LogP) is 1.54. The largest absolute Gasteiger partial charge is 0.469 e. The number of aryl methyl sites for hydroxylation is 1. The monoisotopic (exact) mass is 366 g/mol. The van der Waals surface area contributed by atoms with E-state index in [1.165, 1.54) is 17.5 Å². The Hall–Kier alpha value is -1.93. The third-order valence-electron chi connectivity index (χ3n) is 4.83. The van der Waals surface area contributed by atoms with Gasteiger partial charge in [0.1, 0.15) is 0 Å². The minimum Gasteiger partial charge on any atom is -0.469 e. The number of carbonyl (C=O) groups excluding carboxylic acids is 2. The molecule has 2 heterocycles. The van der Waals surface area contributed by atoms with Gasteiger partial charge in [-0.25, -0.2) is 8.42 Å². The van der Waals surface area contributed by atoms with Crippen molar-refractivity contribution < 1.29 is 22.7 Å². The molecular formula is C17H22N2O5S. The molecule has 2 aliphatic heterocycles. The van der Waals surface area contributed by atoms with Crippen molar-refractivity contribution in [3.05, 3.63) is 23.8 Å². The van der Waals surface area contributed by atoms with E-state index in [-0.39, 0.29) is 22.7 Å². The number of esters is 1. The first kappa shape index (κ1) is 17.9. The molecule has 1 amide bonds. The number of anilines is 1. The average molecular weight is 366 g/mol. The van der Waals surface area contributed by atoms with Crippen LogP contribution in [0.3, 0.4) is 0 Å². The molecule has 0 bridgehead atoms. The van der Waals surface area contributed by atoms with Gasteiger partial charge in [0.2, 0.25) is 15.9 Å². The van der Waals surface area contributed by atoms with Crippen LogP contribution in [-0.2, 0) is 30.8 Å². The minimum atomic E-state index is -3.61. The van der Waals surface area contributed by atoms with Gasteiger partial charge in [0.15, 0.2) is 0 Å². The van der Waals surface area contributed by atoms with Gasteiger partial charge in [-0.2, -0.15) is 4.31 Å². The molecule has 0 radical (unpaired) electrons. The molecule has 136 valence electrons. The second-order valence-electron chi connectivity index (χ2n) is 6.42. The standard InChI is InChI=1S/C17H22N2O5S/c1-24-17(21)12-7-9-19(10-8-12)25(22,23)14-5-6-15-13(11-14)3-2-4-16(20)18-15/h5-6,11-12H,2-4,7-10H2,1H3,(H,18,20). The van der Waals surface area contributed by atoms with Gasteiger partial charge in [0, 0.05) is 25.2 Å². The molecule has 0 spiro atoms. The first-order valence-electron chi connectivity index (χ1n) is 8.42. The molecule has 8 heteroatoms. The second-order valence-corrected chi connectivity index (χ2v) is 8.36. The SMILES string of the molecule is COC(=O)C1CCN(S(=O)(=O)c2ccc3c(c2)CCCC(=O)N3)CC1. The highest BCUT2D eigenvalue weighted by molar-refractivity contribution is 7.89. The first-order valence-corrected chi connectivity index (χ1v) is 9.86. The van der Waals surface area contributed by atoms with Crippen LogP contribution in [0.15, 0.2) is 23.1 Å². The lowest BCUT2D eigenvalue weighted by atomic mass is 9.99. The van der Waals surface area contributed by atoms with Crippen LogP contribution < -0.4 is 5.32 Å². The van der Waals surface area contributed by atoms with Crippen LogP contribution in [0.1, 0.15) is 31.2 Å². The molecule has 1 aromatic rings. The van der Waals surface area contributed by atoms with Gasteiger partial charge < -0.3 is 10.1 Å². The molecule has 0 saturated carbocycles. The number of benzene rings is 1. The summed E-state index contributed by atoms with van der Waals surface area (Å²) in [6, 6.07) is 4.85. The molecule has 1 N–H and O–H groups in total. The third-order valence-corrected chi connectivity index (χ3v) is 6.72. The molecule has 25 heavy (non-hydrogen) atoms. The van der Waals surface area contributed by atoms with Crippen molar-refractivity contribution >= 4 is 27.6 Å². The minimum absolute atomic E-state index is 0.0424. The number of ether oxygens (including phenoxy) is 1. The van der Waals surface area contributed by atoms with E-state index in [1.807, 2.05) is 0 Å². The maximum absolute atomic E-state index is 12.9. The van der Waals surface area contributed by atoms with E-state index in [9.17, 15) is 18.0 Å². The van der Waals surface area contributed by atoms with Crippen molar-refractivity contribution in [3.8, 4) is 0 Å². The van der Waals surface area contributed by atoms with E-state index in [0.717, 1.165) is 5.56 Å². The van der Waals surface area contributed by atoms with Crippen LogP contribution >= 0.6 is 0 Å². The molecule has 1 aromatic carbocycles. The van der Waals surface area contributed by atoms with E-state index in [4.69, 9.17) is 4.74 Å². The number of fused-ring (bicyclic) bond motifs is 1. The first-order chi connectivity index (χ1) is 11.9. The molecule has 0 aliphatic carbocycles. The number of nitrogens with zero attached hydrogens (tertiary/aromatic N) is 1. The van der Waals surface area contributed by atoms with E-state index in [1.54, 1.807) is 12.1 Å². The summed E-state index contributed by atoms with van der Waals surface area (Å²) in [6.45, 7) is 0.603. The van der Waals surface area contributed by atoms with Crippen molar-refractivity contribution in [2.45, 2.75) is 37.0 Å². The van der Waals surface area contributed by atoms with Crippen molar-refractivity contribution in [1.29, 1.82) is 0 Å². The lowest BCUT2D eigenvalue weighted by Crippen LogP contribution is -2.40. The predicted molar refractivity (Wildman–Crippen MR) is 91.5 cm³/mol. The fraction of sp³-hybridized carbons (Fsp3) is 0.529. The lowest BCUT2D eigenvalue weighted by Gasteiger charge is -2.30. The van der Waals surface area contributed by atoms with Gasteiger partial charge in [0.05, 0.1) is 17.9 Å². The summed E-state index contributed by atoms with van der Waals surface area (Å²) in [4.78, 5) is 23.4. The molecular weight excluding hydrogens is 344 g/mol. The third kappa shape index (κ3) is 3.69. The smallest absolute Gasteiger partial charge is 0.308 e. The van der Waals surface area contributed by atoms with E-state index in [0.29, 0.717) is 50.9 Å². The maximum atomic E-state index is 12.9. The quantitative estimate of drug-likeness (QED) is 0.819. The Morgan fingerprint density at radius 1 is 1.24 bits per heavy atom. The normalized spacial score (nSPS) is 19.6. The summed E-state index contributed by atoms with van der Waals surface area (Å²) in [5, 5.41) is 2.81. The molecule has 0 unspecified atom stereocenters. The van der Waals surface area contributed by atoms with E-state index >= 15 is 0 Å². The highest BCUT2D eigenvalue weighted by Gasteiger charge is 2.32. The summed E-state index contributed by atoms with van der Waals surface area (Å²) in [5.74, 6) is -0.559. The zero-order valence-electron chi connectivity index (χ0n) is 14.2. The maximum Gasteiger partial charge on any atom is 0.308 e. The van der Waals surface area contributed by atoms with Crippen LogP contribution in [-0.4, -0.2) is 44.8 Å². The molecule has 1 saturated heterocycles. The Morgan fingerprint density at radius 2 is 1.96 bits per heavy atom. The molecule has 0 aromatic heterocycles. The number of hydrogen-bond donors (Lipinski definition) is 1. The van der Waals surface area contributed by atoms with Crippen LogP contribution in [0.4, 0.5) is 5.69 Å². The van der Waals surface area contributed by atoms with Crippen molar-refractivity contribution in [2.24, 2.45) is 5.92 Å². The van der Waals surface area contributed by atoms with Gasteiger partial charge >= 0.3 is 5.97 Å². The molecule has 7 nitrogen and oxygen atoms in total. The topological polar surface area (TPSA) is 92.8 Å². The number of rotatable bonds is 3. The number of sulfonamides is 1. The van der Waals surface area contributed by atoms with Crippen LogP contribution in [0.25, 0.3) is 0 Å². The van der Waals surface area contributed by atoms with Crippen LogP contribution in [0, 0.1) is 5.92 Å². The number of hydrogen-bond acceptors (Lipinski definition) is 5.